The van der Waals surface area contributed by atoms with E-state index < -0.39 is 0 Å². The highest BCUT2D eigenvalue weighted by Crippen LogP contribution is 2.17. The molecule has 5 heteroatoms. The summed E-state index contributed by atoms with van der Waals surface area (Å²) in [6.45, 7) is 7.24. The van der Waals surface area contributed by atoms with Gasteiger partial charge in [0.15, 0.2) is 0 Å². The number of pyridine rings is 1. The fourth-order valence-corrected chi connectivity index (χ4v) is 2.39. The number of carbonyl (C=O) groups is 1. The third kappa shape index (κ3) is 3.67. The second-order valence-corrected chi connectivity index (χ2v) is 5.40. The van der Waals surface area contributed by atoms with Crippen LogP contribution in [0.1, 0.15) is 30.6 Å². The van der Waals surface area contributed by atoms with E-state index in [1.807, 2.05) is 0 Å². The Bertz CT molecular complexity index is 475. The van der Waals surface area contributed by atoms with E-state index in [1.165, 1.54) is 12.3 Å². The van der Waals surface area contributed by atoms with Crippen LogP contribution in [0.3, 0.4) is 0 Å². The van der Waals surface area contributed by atoms with Crippen molar-refractivity contribution in [2.75, 3.05) is 19.6 Å². The molecule has 1 aliphatic rings. The second kappa shape index (κ2) is 6.02. The van der Waals surface area contributed by atoms with Crippen molar-refractivity contribution in [1.29, 1.82) is 0 Å². The minimum absolute atomic E-state index is 0.126. The Balaban J connectivity index is 1.81. The maximum Gasteiger partial charge on any atom is 0.252 e. The molecule has 5 nitrogen and oxygen atoms in total. The number of nitrogens with zero attached hydrogens (tertiary/aromatic N) is 1. The number of H-pyrrole nitrogens is 1. The molecular formula is C14H21N3O2. The molecule has 1 amide bonds. The predicted molar refractivity (Wildman–Crippen MR) is 74.2 cm³/mol. The van der Waals surface area contributed by atoms with Gasteiger partial charge in [0.05, 0.1) is 5.56 Å². The van der Waals surface area contributed by atoms with Gasteiger partial charge in [0.25, 0.3) is 5.91 Å². The zero-order chi connectivity index (χ0) is 13.8. The van der Waals surface area contributed by atoms with Crippen LogP contribution < -0.4 is 10.9 Å². The number of amides is 1. The second-order valence-electron chi connectivity index (χ2n) is 5.40. The maximum absolute atomic E-state index is 11.9. The van der Waals surface area contributed by atoms with E-state index in [9.17, 15) is 9.59 Å². The SMILES string of the molecule is CC(C)N1CCC(CNC(=O)c2ccc(=O)[nH]c2)C1. The number of carbonyl (C=O) groups excluding carboxylic acids is 1. The summed E-state index contributed by atoms with van der Waals surface area (Å²) < 4.78 is 0. The Hall–Kier alpha value is -1.62. The van der Waals surface area contributed by atoms with Gasteiger partial charge >= 0.3 is 0 Å². The number of rotatable bonds is 4. The number of likely N-dealkylation sites (tertiary alicyclic amines) is 1. The Morgan fingerprint density at radius 1 is 1.53 bits per heavy atom. The molecule has 0 bridgehead atoms. The molecule has 104 valence electrons. The van der Waals surface area contributed by atoms with E-state index in [1.54, 1.807) is 6.07 Å². The molecule has 0 aliphatic carbocycles. The Kier molecular flexibility index (Phi) is 4.37. The van der Waals surface area contributed by atoms with E-state index in [0.717, 1.165) is 19.5 Å². The summed E-state index contributed by atoms with van der Waals surface area (Å²) in [6.07, 6.45) is 2.58. The van der Waals surface area contributed by atoms with Crippen molar-refractivity contribution < 1.29 is 4.79 Å². The topological polar surface area (TPSA) is 65.2 Å². The summed E-state index contributed by atoms with van der Waals surface area (Å²) in [7, 11) is 0. The van der Waals surface area contributed by atoms with Crippen LogP contribution in [0.4, 0.5) is 0 Å². The van der Waals surface area contributed by atoms with E-state index >= 15 is 0 Å². The van der Waals surface area contributed by atoms with Gasteiger partial charge in [-0.2, -0.15) is 0 Å². The summed E-state index contributed by atoms with van der Waals surface area (Å²) in [5, 5.41) is 2.93. The van der Waals surface area contributed by atoms with Gasteiger partial charge in [0.2, 0.25) is 5.56 Å². The molecule has 1 fully saturated rings. The van der Waals surface area contributed by atoms with Crippen molar-refractivity contribution >= 4 is 5.91 Å². The normalized spacial score (nSPS) is 19.8. The molecule has 1 saturated heterocycles. The third-order valence-corrected chi connectivity index (χ3v) is 3.65. The highest BCUT2D eigenvalue weighted by atomic mass is 16.1. The van der Waals surface area contributed by atoms with Crippen molar-refractivity contribution in [2.45, 2.75) is 26.3 Å². The minimum Gasteiger partial charge on any atom is -0.352 e. The summed E-state index contributed by atoms with van der Waals surface area (Å²) in [5.74, 6) is 0.397. The van der Waals surface area contributed by atoms with E-state index in [0.29, 0.717) is 24.1 Å². The van der Waals surface area contributed by atoms with Gasteiger partial charge in [-0.25, -0.2) is 0 Å². The number of hydrogen-bond acceptors (Lipinski definition) is 3. The highest BCUT2D eigenvalue weighted by molar-refractivity contribution is 5.93. The molecule has 0 aromatic carbocycles. The van der Waals surface area contributed by atoms with Crippen molar-refractivity contribution in [3.05, 3.63) is 34.2 Å². The number of hydrogen-bond donors (Lipinski definition) is 2. The summed E-state index contributed by atoms with van der Waals surface area (Å²) in [6, 6.07) is 3.48. The van der Waals surface area contributed by atoms with E-state index in [2.05, 4.69) is 29.0 Å². The standard InChI is InChI=1S/C14H21N3O2/c1-10(2)17-6-5-11(9-17)7-16-14(19)12-3-4-13(18)15-8-12/h3-4,8,10-11H,5-7,9H2,1-2H3,(H,15,18)(H,16,19). The summed E-state index contributed by atoms with van der Waals surface area (Å²) in [4.78, 5) is 27.7. The number of nitrogens with one attached hydrogen (secondary N) is 2. The average Bonchev–Trinajstić information content (AvgIpc) is 2.86. The van der Waals surface area contributed by atoms with Crippen molar-refractivity contribution in [3.8, 4) is 0 Å². The van der Waals surface area contributed by atoms with E-state index in [-0.39, 0.29) is 11.5 Å². The smallest absolute Gasteiger partial charge is 0.252 e. The Morgan fingerprint density at radius 2 is 2.32 bits per heavy atom. The molecular weight excluding hydrogens is 242 g/mol. The van der Waals surface area contributed by atoms with Crippen LogP contribution in [0, 0.1) is 5.92 Å². The number of aromatic amines is 1. The first-order valence-corrected chi connectivity index (χ1v) is 6.77. The van der Waals surface area contributed by atoms with Crippen LogP contribution >= 0.6 is 0 Å². The first-order chi connectivity index (χ1) is 9.06. The van der Waals surface area contributed by atoms with E-state index in [4.69, 9.17) is 0 Å². The highest BCUT2D eigenvalue weighted by Gasteiger charge is 2.24. The van der Waals surface area contributed by atoms with Crippen molar-refractivity contribution in [1.82, 2.24) is 15.2 Å². The molecule has 0 radical (unpaired) electrons. The van der Waals surface area contributed by atoms with Crippen molar-refractivity contribution in [2.24, 2.45) is 5.92 Å². The molecule has 2 N–H and O–H groups in total. The minimum atomic E-state index is -0.195. The maximum atomic E-state index is 11.9. The Labute approximate surface area is 113 Å². The molecule has 1 aromatic rings. The van der Waals surface area contributed by atoms with Crippen LogP contribution in [-0.2, 0) is 0 Å². The fourth-order valence-electron chi connectivity index (χ4n) is 2.39. The molecule has 0 saturated carbocycles. The van der Waals surface area contributed by atoms with Crippen LogP contribution in [0.25, 0.3) is 0 Å². The lowest BCUT2D eigenvalue weighted by Crippen LogP contribution is -2.33. The zero-order valence-corrected chi connectivity index (χ0v) is 11.5. The average molecular weight is 263 g/mol. The van der Waals surface area contributed by atoms with Gasteiger partial charge in [0.1, 0.15) is 0 Å². The Morgan fingerprint density at radius 3 is 2.89 bits per heavy atom. The lowest BCUT2D eigenvalue weighted by molar-refractivity contribution is 0.0946. The van der Waals surface area contributed by atoms with Gasteiger partial charge in [-0.1, -0.05) is 0 Å². The molecule has 1 aromatic heterocycles. The van der Waals surface area contributed by atoms with Gasteiger partial charge < -0.3 is 15.2 Å². The molecule has 2 rings (SSSR count). The molecule has 1 atom stereocenters. The molecule has 1 aliphatic heterocycles. The van der Waals surface area contributed by atoms with Gasteiger partial charge in [-0.3, -0.25) is 9.59 Å². The number of aromatic nitrogens is 1. The largest absolute Gasteiger partial charge is 0.352 e. The third-order valence-electron chi connectivity index (χ3n) is 3.65. The monoisotopic (exact) mass is 263 g/mol. The first-order valence-electron chi connectivity index (χ1n) is 6.77. The molecule has 19 heavy (non-hydrogen) atoms. The quantitative estimate of drug-likeness (QED) is 0.846. The molecule has 2 heterocycles. The van der Waals surface area contributed by atoms with Crippen LogP contribution in [-0.4, -0.2) is 41.5 Å². The zero-order valence-electron chi connectivity index (χ0n) is 11.5. The van der Waals surface area contributed by atoms with Gasteiger partial charge in [-0.05, 0) is 38.8 Å². The summed E-state index contributed by atoms with van der Waals surface area (Å²) >= 11 is 0. The predicted octanol–water partition coefficient (Wildman–Crippen LogP) is 0.835. The summed E-state index contributed by atoms with van der Waals surface area (Å²) in [5.41, 5.74) is 0.304. The van der Waals surface area contributed by atoms with Crippen molar-refractivity contribution in [3.63, 3.8) is 0 Å². The molecule has 0 spiro atoms. The van der Waals surface area contributed by atoms with Crippen LogP contribution in [0.15, 0.2) is 23.1 Å². The van der Waals surface area contributed by atoms with Crippen LogP contribution in [0.5, 0.6) is 0 Å². The van der Waals surface area contributed by atoms with Gasteiger partial charge in [-0.15, -0.1) is 0 Å². The molecule has 1 unspecified atom stereocenters. The lowest BCUT2D eigenvalue weighted by Gasteiger charge is -2.20. The van der Waals surface area contributed by atoms with Crippen LogP contribution in [0.2, 0.25) is 0 Å². The fraction of sp³-hybridized carbons (Fsp3) is 0.571. The first kappa shape index (κ1) is 13.8. The van der Waals surface area contributed by atoms with Gasteiger partial charge in [0, 0.05) is 31.4 Å². The lowest BCUT2D eigenvalue weighted by atomic mass is 10.1.